The van der Waals surface area contributed by atoms with E-state index in [4.69, 9.17) is 10.2 Å². The summed E-state index contributed by atoms with van der Waals surface area (Å²) in [5, 5.41) is 54.6. The Morgan fingerprint density at radius 2 is 1.71 bits per heavy atom. The quantitative estimate of drug-likeness (QED) is 0.232. The third-order valence-electron chi connectivity index (χ3n) is 2.76. The van der Waals surface area contributed by atoms with Gasteiger partial charge in [-0.3, -0.25) is 9.78 Å². The summed E-state index contributed by atoms with van der Waals surface area (Å²) in [6.07, 6.45) is -2.90. The van der Waals surface area contributed by atoms with E-state index in [0.717, 1.165) is 6.20 Å². The predicted molar refractivity (Wildman–Crippen MR) is 76.1 cm³/mol. The van der Waals surface area contributed by atoms with E-state index in [0.29, 0.717) is 0 Å². The first-order chi connectivity index (χ1) is 11.0. The number of aliphatic hydroxyl groups excluding tert-OH is 5. The molecule has 0 aliphatic carbocycles. The summed E-state index contributed by atoms with van der Waals surface area (Å²) in [5.74, 6) is -0.963. The standard InChI is InChI=1S/C8H13N3O6.C5H5N.Ni/c12-2-4(13)6(15)8(17)7(16)5(14)3-1-9-11-10-3;1-2-4-6-5-3-1;/h1,4,6-8,12-13,15-17H,2H2,(H,9,10,11);1-5H;/t4-,6-,7+,8+;;/m1../s1. The van der Waals surface area contributed by atoms with Gasteiger partial charge >= 0.3 is 0 Å². The van der Waals surface area contributed by atoms with Gasteiger partial charge in [0.25, 0.3) is 0 Å². The Kier molecular flexibility index (Phi) is 10.9. The van der Waals surface area contributed by atoms with Crippen molar-refractivity contribution in [3.63, 3.8) is 0 Å². The van der Waals surface area contributed by atoms with Crippen LogP contribution in [0.4, 0.5) is 0 Å². The number of aromatic amines is 1. The van der Waals surface area contributed by atoms with Crippen LogP contribution < -0.4 is 0 Å². The van der Waals surface area contributed by atoms with E-state index in [9.17, 15) is 20.1 Å². The zero-order valence-electron chi connectivity index (χ0n) is 12.3. The Labute approximate surface area is 147 Å². The zero-order chi connectivity index (χ0) is 17.2. The molecule has 0 radical (unpaired) electrons. The Hall–Kier alpha value is -1.75. The van der Waals surface area contributed by atoms with Gasteiger partial charge in [-0.1, -0.05) is 6.07 Å². The van der Waals surface area contributed by atoms with E-state index in [1.165, 1.54) is 0 Å². The first-order valence-corrected chi connectivity index (χ1v) is 6.57. The Morgan fingerprint density at radius 3 is 2.08 bits per heavy atom. The van der Waals surface area contributed by atoms with E-state index in [-0.39, 0.29) is 22.2 Å². The second kappa shape index (κ2) is 11.7. The number of nitrogens with one attached hydrogen (secondary N) is 1. The van der Waals surface area contributed by atoms with E-state index in [1.54, 1.807) is 12.4 Å². The largest absolute Gasteiger partial charge is 0.394 e. The molecule has 0 aliphatic heterocycles. The number of ketones is 1. The number of aliphatic hydroxyl groups is 5. The normalized spacial score (nSPS) is 15.0. The fourth-order valence-electron chi connectivity index (χ4n) is 1.46. The topological polar surface area (TPSA) is 173 Å². The van der Waals surface area contributed by atoms with Crippen LogP contribution in [0, 0.1) is 0 Å². The second-order valence-electron chi connectivity index (χ2n) is 4.42. The molecule has 0 aliphatic rings. The van der Waals surface area contributed by atoms with Crippen LogP contribution in [0.5, 0.6) is 0 Å². The van der Waals surface area contributed by atoms with Gasteiger partial charge < -0.3 is 25.5 Å². The second-order valence-corrected chi connectivity index (χ2v) is 4.42. The summed E-state index contributed by atoms with van der Waals surface area (Å²) in [7, 11) is 0. The number of carbonyl (C=O) groups excluding carboxylic acids is 1. The number of carbonyl (C=O) groups is 1. The van der Waals surface area contributed by atoms with Crippen molar-refractivity contribution in [2.75, 3.05) is 6.61 Å². The van der Waals surface area contributed by atoms with Crippen molar-refractivity contribution in [3.05, 3.63) is 42.5 Å². The SMILES string of the molecule is O=C(c1cn[nH]n1)[C@H](O)[C@@H](O)[C@H](O)[C@H](O)CO.[Ni].c1ccncc1. The summed E-state index contributed by atoms with van der Waals surface area (Å²) in [6.45, 7) is -0.816. The van der Waals surface area contributed by atoms with Crippen molar-refractivity contribution in [1.29, 1.82) is 0 Å². The van der Waals surface area contributed by atoms with Crippen LogP contribution in [-0.2, 0) is 16.5 Å². The molecule has 10 nitrogen and oxygen atoms in total. The molecule has 2 aromatic rings. The van der Waals surface area contributed by atoms with Crippen molar-refractivity contribution in [2.24, 2.45) is 0 Å². The van der Waals surface area contributed by atoms with E-state index >= 15 is 0 Å². The number of hydrogen-bond donors (Lipinski definition) is 6. The third-order valence-corrected chi connectivity index (χ3v) is 2.76. The van der Waals surface area contributed by atoms with Gasteiger partial charge in [0, 0.05) is 28.9 Å². The minimum Gasteiger partial charge on any atom is -0.394 e. The minimum absolute atomic E-state index is 0. The van der Waals surface area contributed by atoms with Gasteiger partial charge in [-0.05, 0) is 12.1 Å². The number of hydrogen-bond acceptors (Lipinski definition) is 9. The van der Waals surface area contributed by atoms with Gasteiger partial charge in [-0.2, -0.15) is 15.4 Å². The molecule has 6 N–H and O–H groups in total. The number of nitrogens with zero attached hydrogens (tertiary/aromatic N) is 3. The van der Waals surface area contributed by atoms with Gasteiger partial charge in [-0.25, -0.2) is 0 Å². The van der Waals surface area contributed by atoms with E-state index in [2.05, 4.69) is 20.4 Å². The average molecular weight is 385 g/mol. The summed E-state index contributed by atoms with van der Waals surface area (Å²) in [4.78, 5) is 15.3. The van der Waals surface area contributed by atoms with Crippen LogP contribution in [0.1, 0.15) is 10.5 Å². The predicted octanol–water partition coefficient (Wildman–Crippen LogP) is -2.50. The smallest absolute Gasteiger partial charge is 0.215 e. The summed E-state index contributed by atoms with van der Waals surface area (Å²) < 4.78 is 0. The van der Waals surface area contributed by atoms with E-state index in [1.807, 2.05) is 18.2 Å². The van der Waals surface area contributed by atoms with Crippen LogP contribution in [0.15, 0.2) is 36.8 Å². The molecule has 0 fully saturated rings. The first-order valence-electron chi connectivity index (χ1n) is 6.57. The van der Waals surface area contributed by atoms with Gasteiger partial charge in [0.2, 0.25) is 5.78 Å². The number of aromatic nitrogens is 4. The van der Waals surface area contributed by atoms with Crippen LogP contribution in [0.25, 0.3) is 0 Å². The minimum atomic E-state index is -1.98. The molecule has 136 valence electrons. The monoisotopic (exact) mass is 384 g/mol. The fourth-order valence-corrected chi connectivity index (χ4v) is 1.46. The first kappa shape index (κ1) is 22.3. The van der Waals surface area contributed by atoms with Crippen molar-refractivity contribution >= 4 is 5.78 Å². The Balaban J connectivity index is 0.000000635. The number of pyridine rings is 1. The maximum Gasteiger partial charge on any atom is 0.215 e. The molecular formula is C13H18N4NiO6. The van der Waals surface area contributed by atoms with Gasteiger partial charge in [0.15, 0.2) is 5.69 Å². The molecule has 11 heteroatoms. The van der Waals surface area contributed by atoms with Gasteiger partial charge in [0.05, 0.1) is 12.8 Å². The molecule has 2 heterocycles. The molecule has 0 saturated carbocycles. The molecule has 2 rings (SSSR count). The van der Waals surface area contributed by atoms with Gasteiger partial charge in [-0.15, -0.1) is 0 Å². The van der Waals surface area contributed by atoms with Crippen molar-refractivity contribution in [3.8, 4) is 0 Å². The van der Waals surface area contributed by atoms with Crippen LogP contribution in [0.3, 0.4) is 0 Å². The molecule has 0 unspecified atom stereocenters. The Morgan fingerprint density at radius 1 is 1.08 bits per heavy atom. The summed E-state index contributed by atoms with van der Waals surface area (Å²) >= 11 is 0. The van der Waals surface area contributed by atoms with Crippen molar-refractivity contribution in [2.45, 2.75) is 24.4 Å². The molecular weight excluding hydrogens is 367 g/mol. The van der Waals surface area contributed by atoms with Crippen LogP contribution in [-0.4, -0.2) is 82.7 Å². The number of H-pyrrole nitrogens is 1. The molecule has 0 spiro atoms. The fraction of sp³-hybridized carbons (Fsp3) is 0.385. The van der Waals surface area contributed by atoms with Crippen molar-refractivity contribution < 1.29 is 46.8 Å². The molecule has 0 saturated heterocycles. The number of Topliss-reactive ketones (excluding diaryl/α,β-unsaturated/α-hetero) is 1. The van der Waals surface area contributed by atoms with Crippen LogP contribution >= 0.6 is 0 Å². The summed E-state index contributed by atoms with van der Waals surface area (Å²) in [6, 6.07) is 5.72. The van der Waals surface area contributed by atoms with Gasteiger partial charge in [0.1, 0.15) is 24.4 Å². The van der Waals surface area contributed by atoms with E-state index < -0.39 is 36.8 Å². The maximum atomic E-state index is 11.5. The molecule has 0 bridgehead atoms. The number of rotatable bonds is 6. The van der Waals surface area contributed by atoms with Crippen molar-refractivity contribution in [1.82, 2.24) is 20.4 Å². The molecule has 24 heavy (non-hydrogen) atoms. The maximum absolute atomic E-state index is 11.5. The molecule has 4 atom stereocenters. The Bertz CT molecular complexity index is 532. The zero-order valence-corrected chi connectivity index (χ0v) is 13.3. The molecule has 0 aromatic carbocycles. The summed E-state index contributed by atoms with van der Waals surface area (Å²) in [5.41, 5.74) is -0.220. The third kappa shape index (κ3) is 6.79. The average Bonchev–Trinajstić information content (AvgIpc) is 3.15. The molecule has 0 amide bonds. The molecule has 2 aromatic heterocycles. The van der Waals surface area contributed by atoms with Crippen LogP contribution in [0.2, 0.25) is 0 Å².